The lowest BCUT2D eigenvalue weighted by molar-refractivity contribution is 0.324. The van der Waals surface area contributed by atoms with Gasteiger partial charge in [0.25, 0.3) is 0 Å². The van der Waals surface area contributed by atoms with Crippen LogP contribution < -0.4 is 10.5 Å². The summed E-state index contributed by atoms with van der Waals surface area (Å²) in [5.41, 5.74) is 7.99. The molecule has 16 heavy (non-hydrogen) atoms. The van der Waals surface area contributed by atoms with Gasteiger partial charge in [-0.2, -0.15) is 0 Å². The Morgan fingerprint density at radius 3 is 2.69 bits per heavy atom. The Balaban J connectivity index is 2.57. The molecule has 0 aliphatic rings. The number of hydrogen-bond donors (Lipinski definition) is 1. The Morgan fingerprint density at radius 1 is 1.38 bits per heavy atom. The highest BCUT2D eigenvalue weighted by atomic mass is 16.5. The first-order chi connectivity index (χ1) is 7.67. The van der Waals surface area contributed by atoms with Crippen molar-refractivity contribution in [2.45, 2.75) is 19.9 Å². The average Bonchev–Trinajstić information content (AvgIpc) is 2.26. The van der Waals surface area contributed by atoms with Gasteiger partial charge in [-0.15, -0.1) is 0 Å². The number of nitrogens with two attached hydrogens (primary N) is 1. The summed E-state index contributed by atoms with van der Waals surface area (Å²) in [5, 5.41) is 0. The van der Waals surface area contributed by atoms with Crippen molar-refractivity contribution in [2.75, 3.05) is 27.2 Å². The van der Waals surface area contributed by atoms with Crippen molar-refractivity contribution < 1.29 is 4.74 Å². The third-order valence-corrected chi connectivity index (χ3v) is 2.66. The number of aryl methyl sites for hydroxylation is 1. The molecule has 0 spiro atoms. The van der Waals surface area contributed by atoms with E-state index in [-0.39, 0.29) is 0 Å². The van der Waals surface area contributed by atoms with E-state index in [9.17, 15) is 0 Å². The van der Waals surface area contributed by atoms with E-state index >= 15 is 0 Å². The van der Waals surface area contributed by atoms with Gasteiger partial charge in [-0.05, 0) is 50.7 Å². The van der Waals surface area contributed by atoms with E-state index in [1.165, 1.54) is 11.1 Å². The topological polar surface area (TPSA) is 38.5 Å². The Kier molecular flexibility index (Phi) is 5.29. The highest BCUT2D eigenvalue weighted by molar-refractivity contribution is 5.36. The summed E-state index contributed by atoms with van der Waals surface area (Å²) in [6.45, 7) is 4.83. The van der Waals surface area contributed by atoms with Gasteiger partial charge in [0.05, 0.1) is 7.11 Å². The lowest BCUT2D eigenvalue weighted by Gasteiger charge is -2.17. The first-order valence-corrected chi connectivity index (χ1v) is 5.69. The van der Waals surface area contributed by atoms with E-state index in [4.69, 9.17) is 10.5 Å². The largest absolute Gasteiger partial charge is 0.496 e. The monoisotopic (exact) mass is 222 g/mol. The zero-order valence-electron chi connectivity index (χ0n) is 10.5. The van der Waals surface area contributed by atoms with Gasteiger partial charge < -0.3 is 15.4 Å². The summed E-state index contributed by atoms with van der Waals surface area (Å²) in [6.07, 6.45) is 1.05. The zero-order chi connectivity index (χ0) is 12.0. The molecule has 2 N–H and O–H groups in total. The summed E-state index contributed by atoms with van der Waals surface area (Å²) < 4.78 is 5.24. The van der Waals surface area contributed by atoms with Crippen LogP contribution in [0.15, 0.2) is 18.2 Å². The number of methoxy groups -OCH3 is 1. The van der Waals surface area contributed by atoms with Gasteiger partial charge in [0.15, 0.2) is 0 Å². The van der Waals surface area contributed by atoms with Crippen LogP contribution in [0.4, 0.5) is 0 Å². The second-order valence-corrected chi connectivity index (χ2v) is 4.18. The molecule has 0 unspecified atom stereocenters. The van der Waals surface area contributed by atoms with Crippen molar-refractivity contribution in [2.24, 2.45) is 5.73 Å². The molecule has 0 radical (unpaired) electrons. The molecule has 1 aromatic carbocycles. The van der Waals surface area contributed by atoms with Gasteiger partial charge in [0.1, 0.15) is 5.75 Å². The number of hydrogen-bond acceptors (Lipinski definition) is 3. The zero-order valence-corrected chi connectivity index (χ0v) is 10.5. The van der Waals surface area contributed by atoms with Crippen molar-refractivity contribution in [3.8, 4) is 5.75 Å². The molecule has 0 bridgehead atoms. The van der Waals surface area contributed by atoms with E-state index in [1.807, 2.05) is 6.07 Å². The van der Waals surface area contributed by atoms with E-state index in [2.05, 4.69) is 31.0 Å². The van der Waals surface area contributed by atoms with Gasteiger partial charge in [0, 0.05) is 6.54 Å². The Hall–Kier alpha value is -1.06. The first-order valence-electron chi connectivity index (χ1n) is 5.69. The number of ether oxygens (including phenoxy) is 1. The summed E-state index contributed by atoms with van der Waals surface area (Å²) in [5.74, 6) is 0.952. The molecule has 0 aliphatic heterocycles. The average molecular weight is 222 g/mol. The summed E-state index contributed by atoms with van der Waals surface area (Å²) in [4.78, 5) is 2.29. The van der Waals surface area contributed by atoms with Crippen LogP contribution in [-0.2, 0) is 6.54 Å². The highest BCUT2D eigenvalue weighted by Crippen LogP contribution is 2.19. The highest BCUT2D eigenvalue weighted by Gasteiger charge is 2.03. The maximum atomic E-state index is 5.49. The quantitative estimate of drug-likeness (QED) is 0.797. The predicted molar refractivity (Wildman–Crippen MR) is 67.7 cm³/mol. The first kappa shape index (κ1) is 13.0. The van der Waals surface area contributed by atoms with Crippen molar-refractivity contribution in [3.63, 3.8) is 0 Å². The van der Waals surface area contributed by atoms with Crippen molar-refractivity contribution >= 4 is 0 Å². The van der Waals surface area contributed by atoms with Gasteiger partial charge in [-0.1, -0.05) is 12.1 Å². The SMILES string of the molecule is COc1ccc(CN(C)CCCN)cc1C. The van der Waals surface area contributed by atoms with Crippen LogP contribution in [0.5, 0.6) is 5.75 Å². The standard InChI is InChI=1S/C13H22N2O/c1-11-9-12(5-6-13(11)16-3)10-15(2)8-4-7-14/h5-6,9H,4,7-8,10,14H2,1-3H3. The summed E-state index contributed by atoms with van der Waals surface area (Å²) >= 11 is 0. The van der Waals surface area contributed by atoms with Gasteiger partial charge >= 0.3 is 0 Å². The van der Waals surface area contributed by atoms with Crippen LogP contribution in [0, 0.1) is 6.92 Å². The van der Waals surface area contributed by atoms with Gasteiger partial charge in [-0.3, -0.25) is 0 Å². The maximum Gasteiger partial charge on any atom is 0.121 e. The molecular formula is C13H22N2O. The number of benzene rings is 1. The van der Waals surface area contributed by atoms with Gasteiger partial charge in [0.2, 0.25) is 0 Å². The molecule has 0 saturated carbocycles. The van der Waals surface area contributed by atoms with Crippen molar-refractivity contribution in [1.29, 1.82) is 0 Å². The second-order valence-electron chi connectivity index (χ2n) is 4.18. The molecule has 0 aromatic heterocycles. The molecule has 1 aromatic rings. The van der Waals surface area contributed by atoms with Crippen LogP contribution in [0.1, 0.15) is 17.5 Å². The predicted octanol–water partition coefficient (Wildman–Crippen LogP) is 1.78. The van der Waals surface area contributed by atoms with Gasteiger partial charge in [-0.25, -0.2) is 0 Å². The van der Waals surface area contributed by atoms with Crippen LogP contribution >= 0.6 is 0 Å². The molecule has 0 fully saturated rings. The third-order valence-electron chi connectivity index (χ3n) is 2.66. The lowest BCUT2D eigenvalue weighted by atomic mass is 10.1. The summed E-state index contributed by atoms with van der Waals surface area (Å²) in [6, 6.07) is 6.32. The Morgan fingerprint density at radius 2 is 2.12 bits per heavy atom. The molecule has 3 nitrogen and oxygen atoms in total. The van der Waals surface area contributed by atoms with Crippen molar-refractivity contribution in [3.05, 3.63) is 29.3 Å². The molecule has 0 saturated heterocycles. The Bertz CT molecular complexity index is 326. The minimum absolute atomic E-state index is 0.756. The fourth-order valence-electron chi connectivity index (χ4n) is 1.79. The third kappa shape index (κ3) is 3.83. The molecule has 1 rings (SSSR count). The number of rotatable bonds is 6. The lowest BCUT2D eigenvalue weighted by Crippen LogP contribution is -2.21. The summed E-state index contributed by atoms with van der Waals surface area (Å²) in [7, 11) is 3.82. The molecule has 0 atom stereocenters. The maximum absolute atomic E-state index is 5.49. The Labute approximate surface area is 98.2 Å². The van der Waals surface area contributed by atoms with E-state index in [0.29, 0.717) is 0 Å². The van der Waals surface area contributed by atoms with E-state index in [0.717, 1.165) is 31.8 Å². The van der Waals surface area contributed by atoms with Crippen LogP contribution in [-0.4, -0.2) is 32.1 Å². The molecule has 0 amide bonds. The molecule has 0 aliphatic carbocycles. The molecular weight excluding hydrogens is 200 g/mol. The fourth-order valence-corrected chi connectivity index (χ4v) is 1.79. The van der Waals surface area contributed by atoms with Crippen molar-refractivity contribution in [1.82, 2.24) is 4.90 Å². The van der Waals surface area contributed by atoms with Crippen LogP contribution in [0.2, 0.25) is 0 Å². The second kappa shape index (κ2) is 6.51. The molecule has 3 heteroatoms. The minimum atomic E-state index is 0.756. The molecule has 0 heterocycles. The number of nitrogens with zero attached hydrogens (tertiary/aromatic N) is 1. The van der Waals surface area contributed by atoms with Crippen LogP contribution in [0.3, 0.4) is 0 Å². The normalized spacial score (nSPS) is 10.8. The minimum Gasteiger partial charge on any atom is -0.496 e. The molecule has 90 valence electrons. The van der Waals surface area contributed by atoms with E-state index in [1.54, 1.807) is 7.11 Å². The smallest absolute Gasteiger partial charge is 0.121 e. The van der Waals surface area contributed by atoms with Crippen LogP contribution in [0.25, 0.3) is 0 Å². The van der Waals surface area contributed by atoms with E-state index < -0.39 is 0 Å². The fraction of sp³-hybridized carbons (Fsp3) is 0.538.